The van der Waals surface area contributed by atoms with Crippen LogP contribution < -0.4 is 0 Å². The van der Waals surface area contributed by atoms with Crippen LogP contribution in [0.1, 0.15) is 36.9 Å². The molecule has 1 saturated heterocycles. The van der Waals surface area contributed by atoms with Crippen molar-refractivity contribution >= 4 is 29.5 Å². The molecule has 9 nitrogen and oxygen atoms in total. The van der Waals surface area contributed by atoms with Gasteiger partial charge in [0.1, 0.15) is 0 Å². The Morgan fingerprint density at radius 3 is 2.79 bits per heavy atom. The van der Waals surface area contributed by atoms with E-state index in [0.717, 1.165) is 29.2 Å². The van der Waals surface area contributed by atoms with Gasteiger partial charge in [-0.3, -0.25) is 14.4 Å². The molecule has 0 aliphatic carbocycles. The minimum absolute atomic E-state index is 0.0468. The average molecular weight is 489 g/mol. The average Bonchev–Trinajstić information content (AvgIpc) is 3.52. The number of H-pyrrole nitrogens is 1. The van der Waals surface area contributed by atoms with Crippen molar-refractivity contribution in [3.63, 3.8) is 0 Å². The summed E-state index contributed by atoms with van der Waals surface area (Å²) in [6, 6.07) is 8.29. The van der Waals surface area contributed by atoms with Crippen LogP contribution in [-0.4, -0.2) is 80.1 Å². The molecule has 184 valence electrons. The van der Waals surface area contributed by atoms with Crippen molar-refractivity contribution in [1.82, 2.24) is 19.9 Å². The highest BCUT2D eigenvalue weighted by atomic mass is 32.2. The van der Waals surface area contributed by atoms with Crippen LogP contribution in [0.4, 0.5) is 0 Å². The number of carbonyl (C=O) groups is 3. The number of rotatable bonds is 13. The molecule has 0 radical (unpaired) electrons. The Hall–Kier alpha value is -2.85. The Kier molecular flexibility index (Phi) is 9.96. The molecule has 1 aromatic heterocycles. The molecule has 0 unspecified atom stereocenters. The van der Waals surface area contributed by atoms with E-state index in [2.05, 4.69) is 9.97 Å². The number of benzene rings is 1. The Bertz CT molecular complexity index is 925. The molecule has 1 aliphatic rings. The summed E-state index contributed by atoms with van der Waals surface area (Å²) >= 11 is 1.52. The predicted molar refractivity (Wildman–Crippen MR) is 129 cm³/mol. The smallest absolute Gasteiger partial charge is 0.329 e. The molecule has 2 amide bonds. The van der Waals surface area contributed by atoms with Gasteiger partial charge in [0, 0.05) is 24.9 Å². The number of imidazole rings is 1. The van der Waals surface area contributed by atoms with Gasteiger partial charge in [-0.05, 0) is 43.3 Å². The van der Waals surface area contributed by atoms with Crippen LogP contribution >= 0.6 is 11.8 Å². The number of likely N-dealkylation sites (tertiary alicyclic amines) is 1. The molecular weight excluding hydrogens is 456 g/mol. The number of nitrogens with zero attached hydrogens (tertiary/aromatic N) is 3. The fourth-order valence-electron chi connectivity index (χ4n) is 4.06. The zero-order valence-corrected chi connectivity index (χ0v) is 20.2. The summed E-state index contributed by atoms with van der Waals surface area (Å²) in [6.07, 6.45) is 7.74. The van der Waals surface area contributed by atoms with Crippen molar-refractivity contribution in [2.45, 2.75) is 50.6 Å². The fourth-order valence-corrected chi connectivity index (χ4v) is 4.52. The molecule has 3 rings (SSSR count). The number of thioether (sulfide) groups is 1. The first-order valence-electron chi connectivity index (χ1n) is 11.5. The van der Waals surface area contributed by atoms with E-state index in [0.29, 0.717) is 18.7 Å². The van der Waals surface area contributed by atoms with Crippen LogP contribution in [0.2, 0.25) is 0 Å². The molecule has 2 N–H and O–H groups in total. The van der Waals surface area contributed by atoms with Gasteiger partial charge in [0.05, 0.1) is 25.4 Å². The number of aliphatic carboxylic acids is 1. The molecule has 0 spiro atoms. The minimum atomic E-state index is -1.10. The number of hydrogen-bond donors (Lipinski definition) is 2. The van der Waals surface area contributed by atoms with Gasteiger partial charge in [0.2, 0.25) is 11.8 Å². The van der Waals surface area contributed by atoms with Gasteiger partial charge in [-0.25, -0.2) is 14.8 Å². The van der Waals surface area contributed by atoms with Crippen LogP contribution in [0.15, 0.2) is 42.9 Å². The highest BCUT2D eigenvalue weighted by molar-refractivity contribution is 7.98. The summed E-state index contributed by atoms with van der Waals surface area (Å²) in [7, 11) is 0. The van der Waals surface area contributed by atoms with Gasteiger partial charge in [-0.1, -0.05) is 30.3 Å². The molecular formula is C24H32N4O5S. The number of aromatic nitrogens is 2. The molecule has 1 aliphatic heterocycles. The largest absolute Gasteiger partial charge is 0.480 e. The van der Waals surface area contributed by atoms with Crippen LogP contribution in [0.3, 0.4) is 0 Å². The van der Waals surface area contributed by atoms with Crippen LogP contribution in [-0.2, 0) is 32.1 Å². The Balaban J connectivity index is 1.66. The number of amides is 2. The normalized spacial score (nSPS) is 16.4. The highest BCUT2D eigenvalue weighted by Gasteiger charge is 2.34. The summed E-state index contributed by atoms with van der Waals surface area (Å²) < 4.78 is 0. The number of carbonyl (C=O) groups excluding carboxylic acids is 2. The van der Waals surface area contributed by atoms with Crippen molar-refractivity contribution in [1.29, 1.82) is 0 Å². The fraction of sp³-hybridized carbons (Fsp3) is 0.500. The zero-order chi connectivity index (χ0) is 24.3. The third kappa shape index (κ3) is 7.33. The number of hydroxylamine groups is 2. The second-order valence-electron chi connectivity index (χ2n) is 8.27. The van der Waals surface area contributed by atoms with Crippen molar-refractivity contribution < 1.29 is 24.3 Å². The van der Waals surface area contributed by atoms with Crippen LogP contribution in [0, 0.1) is 0 Å². The van der Waals surface area contributed by atoms with E-state index in [9.17, 15) is 19.5 Å². The van der Waals surface area contributed by atoms with Crippen molar-refractivity contribution in [2.24, 2.45) is 0 Å². The van der Waals surface area contributed by atoms with Crippen molar-refractivity contribution in [3.05, 3.63) is 54.1 Å². The molecule has 0 bridgehead atoms. The number of nitrogens with one attached hydrogen (secondary N) is 1. The standard InChI is InChI=1S/C24H32N4O5S/c1-34-13-11-21(24(31)32)28(22(29)10-9-18-6-3-2-4-7-18)33-16-20-8-5-12-27(20)23(30)14-19-15-25-17-26-19/h2-4,6-7,15,17,20-21H,5,8-14,16H2,1H3,(H,25,26)(H,31,32)/t20-,21-/m0/s1. The topological polar surface area (TPSA) is 116 Å². The molecule has 1 fully saturated rings. The zero-order valence-electron chi connectivity index (χ0n) is 19.4. The van der Waals surface area contributed by atoms with Crippen LogP contribution in [0.5, 0.6) is 0 Å². The first kappa shape index (κ1) is 25.8. The lowest BCUT2D eigenvalue weighted by molar-refractivity contribution is -0.211. The molecule has 10 heteroatoms. The highest BCUT2D eigenvalue weighted by Crippen LogP contribution is 2.21. The van der Waals surface area contributed by atoms with Gasteiger partial charge in [0.15, 0.2) is 6.04 Å². The van der Waals surface area contributed by atoms with E-state index in [1.165, 1.54) is 18.1 Å². The van der Waals surface area contributed by atoms with E-state index < -0.39 is 12.0 Å². The van der Waals surface area contributed by atoms with E-state index >= 15 is 0 Å². The Morgan fingerprint density at radius 2 is 2.12 bits per heavy atom. The second kappa shape index (κ2) is 13.1. The van der Waals surface area contributed by atoms with Crippen molar-refractivity contribution in [3.8, 4) is 0 Å². The van der Waals surface area contributed by atoms with Gasteiger partial charge >= 0.3 is 5.97 Å². The maximum Gasteiger partial charge on any atom is 0.329 e. The maximum atomic E-state index is 13.1. The third-order valence-electron chi connectivity index (χ3n) is 5.88. The molecule has 34 heavy (non-hydrogen) atoms. The van der Waals surface area contributed by atoms with E-state index in [-0.39, 0.29) is 43.7 Å². The lowest BCUT2D eigenvalue weighted by atomic mass is 10.1. The van der Waals surface area contributed by atoms with Gasteiger partial charge < -0.3 is 15.0 Å². The Morgan fingerprint density at radius 1 is 1.32 bits per heavy atom. The van der Waals surface area contributed by atoms with E-state index in [1.807, 2.05) is 36.6 Å². The van der Waals surface area contributed by atoms with Gasteiger partial charge in [-0.15, -0.1) is 0 Å². The number of hydrogen-bond acceptors (Lipinski definition) is 6. The van der Waals surface area contributed by atoms with Gasteiger partial charge in [-0.2, -0.15) is 11.8 Å². The lowest BCUT2D eigenvalue weighted by Gasteiger charge is -2.31. The number of aryl methyl sites for hydroxylation is 1. The number of carboxylic acid groups (broad SMARTS) is 1. The molecule has 2 atom stereocenters. The van der Waals surface area contributed by atoms with Crippen molar-refractivity contribution in [2.75, 3.05) is 25.2 Å². The van der Waals surface area contributed by atoms with Crippen LogP contribution in [0.25, 0.3) is 0 Å². The molecule has 2 aromatic rings. The second-order valence-corrected chi connectivity index (χ2v) is 9.26. The molecule has 2 heterocycles. The van der Waals surface area contributed by atoms with Gasteiger partial charge in [0.25, 0.3) is 0 Å². The Labute approximate surface area is 203 Å². The number of aromatic amines is 1. The first-order chi connectivity index (χ1) is 16.5. The summed E-state index contributed by atoms with van der Waals surface area (Å²) in [5, 5.41) is 10.9. The van der Waals surface area contributed by atoms with E-state index in [1.54, 1.807) is 11.1 Å². The predicted octanol–water partition coefficient (Wildman–Crippen LogP) is 2.54. The van der Waals surface area contributed by atoms with E-state index in [4.69, 9.17) is 4.84 Å². The lowest BCUT2D eigenvalue weighted by Crippen LogP contribution is -2.48. The maximum absolute atomic E-state index is 13.1. The summed E-state index contributed by atoms with van der Waals surface area (Å²) in [4.78, 5) is 52.4. The SMILES string of the molecule is CSCC[C@@H](C(=O)O)N(OC[C@@H]1CCCN1C(=O)Cc1cnc[nH]1)C(=O)CCc1ccccc1. The minimum Gasteiger partial charge on any atom is -0.480 e. The summed E-state index contributed by atoms with van der Waals surface area (Å²) in [6.45, 7) is 0.687. The number of carboxylic acids is 1. The molecule has 0 saturated carbocycles. The first-order valence-corrected chi connectivity index (χ1v) is 12.9. The summed E-state index contributed by atoms with van der Waals surface area (Å²) in [5.74, 6) is -0.929. The summed E-state index contributed by atoms with van der Waals surface area (Å²) in [5.41, 5.74) is 1.73. The quantitative estimate of drug-likeness (QED) is 0.416. The monoisotopic (exact) mass is 488 g/mol. The molecule has 1 aromatic carbocycles. The third-order valence-corrected chi connectivity index (χ3v) is 6.52.